The van der Waals surface area contributed by atoms with E-state index in [9.17, 15) is 55.5 Å². The number of nitrogens with two attached hydrogens (primary N) is 4. The number of fused-ring (bicyclic) bond motifs is 2. The molecule has 3 saturated heterocycles. The molecule has 8 rings (SSSR count). The van der Waals surface area contributed by atoms with E-state index < -0.39 is 148 Å². The molecule has 25 nitrogen and oxygen atoms in total. The summed E-state index contributed by atoms with van der Waals surface area (Å²) >= 11 is 0. The minimum absolute atomic E-state index is 0.00157. The van der Waals surface area contributed by atoms with Crippen LogP contribution in [-0.2, 0) is 28.4 Å². The maximum atomic E-state index is 13.8. The van der Waals surface area contributed by atoms with Crippen LogP contribution in [0.2, 0.25) is 0 Å². The van der Waals surface area contributed by atoms with Gasteiger partial charge < -0.3 is 117 Å². The van der Waals surface area contributed by atoms with Gasteiger partial charge in [0.2, 0.25) is 5.36 Å². The zero-order chi connectivity index (χ0) is 52.9. The number of hydrogen-bond donors (Lipinski definition) is 13. The molecule has 6 aliphatic rings. The molecule has 0 bridgehead atoms. The summed E-state index contributed by atoms with van der Waals surface area (Å²) in [4.78, 5) is 28.6. The standard InChI is InChI=1S/C48H65N7O18/c1-54(2)19-6-9-22-27(12-19)67-28-13-20(55(3)4)7-10-23(28)32(22)21-8-5-18(11-24(21)45(65)66)44(64)53-15-29-36(59)38(61)33(51)46(68-29)72-42-31(17-57)70-48(40(42)63)73-43-35(58)25(49)14-26(50)41(43)71-47-34(52)39(62)37(60)30(16-56)69-47/h5-13,25-26,29-31,33-43,46-48,56-63H,14-17,49-52H2,1-4H3,(H-,53,64,65,66)/t25-,26+,29+,30-,31-,33-,34-,35+,36-,37-,38-,39-,40-,41-,42-,43-,46-,47-,48+/m1/s1. The van der Waals surface area contributed by atoms with Gasteiger partial charge in [-0.05, 0) is 42.3 Å². The summed E-state index contributed by atoms with van der Waals surface area (Å²) in [5, 5.41) is 103. The maximum Gasteiger partial charge on any atom is 0.251 e. The second-order valence-electron chi connectivity index (χ2n) is 19.3. The van der Waals surface area contributed by atoms with Crippen LogP contribution >= 0.6 is 0 Å². The molecular formula is C48H65N7O18. The zero-order valence-electron chi connectivity index (χ0n) is 40.4. The number of carboxylic acid groups (broad SMARTS) is 1. The Hall–Kier alpha value is -4.85. The van der Waals surface area contributed by atoms with E-state index in [4.69, 9.17) is 55.8 Å². The van der Waals surface area contributed by atoms with Gasteiger partial charge in [-0.2, -0.15) is 0 Å². The lowest BCUT2D eigenvalue weighted by Gasteiger charge is -2.47. The minimum atomic E-state index is -1.78. The molecule has 0 radical (unpaired) electrons. The van der Waals surface area contributed by atoms with Crippen molar-refractivity contribution in [1.29, 1.82) is 0 Å². The van der Waals surface area contributed by atoms with Crippen molar-refractivity contribution in [2.24, 2.45) is 22.9 Å². The molecule has 0 unspecified atom stereocenters. The Bertz CT molecular complexity index is 2650. The predicted octanol–water partition coefficient (Wildman–Crippen LogP) is -6.41. The molecular weight excluding hydrogens is 963 g/mol. The Morgan fingerprint density at radius 2 is 1.30 bits per heavy atom. The third-order valence-electron chi connectivity index (χ3n) is 14.0. The lowest BCUT2D eigenvalue weighted by atomic mass is 9.84. The van der Waals surface area contributed by atoms with E-state index in [1.54, 1.807) is 0 Å². The quantitative estimate of drug-likeness (QED) is 0.0413. The van der Waals surface area contributed by atoms with E-state index in [0.717, 1.165) is 17.1 Å². The van der Waals surface area contributed by atoms with Crippen molar-refractivity contribution >= 4 is 28.5 Å². The van der Waals surface area contributed by atoms with Crippen LogP contribution in [0.3, 0.4) is 0 Å². The van der Waals surface area contributed by atoms with Gasteiger partial charge in [0, 0.05) is 78.2 Å². The predicted molar refractivity (Wildman–Crippen MR) is 254 cm³/mol. The topological polar surface area (TPSA) is 410 Å². The molecule has 4 fully saturated rings. The van der Waals surface area contributed by atoms with E-state index in [1.807, 2.05) is 74.1 Å². The number of nitrogens with one attached hydrogen (secondary N) is 1. The highest BCUT2D eigenvalue weighted by Gasteiger charge is 2.54. The van der Waals surface area contributed by atoms with Gasteiger partial charge in [0.1, 0.15) is 92.6 Å². The van der Waals surface area contributed by atoms with E-state index in [-0.39, 0.29) is 23.1 Å². The summed E-state index contributed by atoms with van der Waals surface area (Å²) in [6, 6.07) is 10.4. The normalized spacial score (nSPS) is 35.8. The number of carboxylic acids is 1. The van der Waals surface area contributed by atoms with E-state index >= 15 is 0 Å². The van der Waals surface area contributed by atoms with Gasteiger partial charge in [-0.25, -0.2) is 4.58 Å². The number of benzene rings is 3. The number of aromatic carboxylic acids is 1. The van der Waals surface area contributed by atoms with Crippen LogP contribution in [0.25, 0.3) is 33.4 Å². The molecule has 2 aromatic rings. The Kier molecular flexibility index (Phi) is 16.5. The van der Waals surface area contributed by atoms with Crippen molar-refractivity contribution in [3.63, 3.8) is 0 Å². The van der Waals surface area contributed by atoms with Gasteiger partial charge in [0.25, 0.3) is 5.91 Å². The monoisotopic (exact) mass is 1030 g/mol. The number of nitrogens with zero attached hydrogens (tertiary/aromatic N) is 2. The number of amides is 1. The highest BCUT2D eigenvalue weighted by molar-refractivity contribution is 6.09. The highest BCUT2D eigenvalue weighted by atomic mass is 16.8. The van der Waals surface area contributed by atoms with E-state index in [0.29, 0.717) is 27.9 Å². The number of carbonyl (C=O) groups excluding carboxylic acids is 2. The van der Waals surface area contributed by atoms with Crippen LogP contribution in [0.5, 0.6) is 0 Å². The second kappa shape index (κ2) is 22.2. The first-order valence-corrected chi connectivity index (χ1v) is 23.7. The Balaban J connectivity index is 0.978. The van der Waals surface area contributed by atoms with E-state index in [2.05, 4.69) is 5.32 Å². The first kappa shape index (κ1) is 54.4. The lowest BCUT2D eigenvalue weighted by molar-refractivity contribution is -0.310. The first-order chi connectivity index (χ1) is 34.6. The molecule has 17 N–H and O–H groups in total. The molecule has 4 aliphatic heterocycles. The van der Waals surface area contributed by atoms with Crippen molar-refractivity contribution in [1.82, 2.24) is 9.89 Å². The maximum absolute atomic E-state index is 13.8. The van der Waals surface area contributed by atoms with Gasteiger partial charge in [0.05, 0.1) is 43.4 Å². The SMILES string of the molecule is CN(C)c1ccc2c(-c3ccc(C(=O)NC[C@@H]4O[C@H](O[C@H]5[C@@H](O)[C@H](O[C@@H]6[C@@H](O)[C@H](N)C[C@H](N)[C@H]6O[C@H]6O[C@H](CO)[C@@H](O)[C@H](O)[C@H]6N)O[C@@H]5CO)[C@H](N)[C@@H](O)[C@@H]4O)cc3C(=O)[O-])c3ccc(=[N+](C)C)cc-3oc2c1. The highest BCUT2D eigenvalue weighted by Crippen LogP contribution is 2.42. The molecule has 1 saturated carbocycles. The fourth-order valence-corrected chi connectivity index (χ4v) is 9.75. The van der Waals surface area contributed by atoms with Crippen molar-refractivity contribution in [2.45, 2.75) is 123 Å². The lowest BCUT2D eigenvalue weighted by Crippen LogP contribution is -2.68. The average molecular weight is 1030 g/mol. The summed E-state index contributed by atoms with van der Waals surface area (Å²) in [5.41, 5.74) is 27.2. The van der Waals surface area contributed by atoms with Crippen LogP contribution in [0.4, 0.5) is 5.69 Å². The van der Waals surface area contributed by atoms with Gasteiger partial charge in [-0.15, -0.1) is 0 Å². The Morgan fingerprint density at radius 1 is 0.699 bits per heavy atom. The van der Waals surface area contributed by atoms with Gasteiger partial charge >= 0.3 is 0 Å². The Labute approximate surface area is 417 Å². The number of rotatable bonds is 14. The molecule has 2 aromatic carbocycles. The van der Waals surface area contributed by atoms with Crippen LogP contribution < -0.4 is 48.2 Å². The molecule has 0 aromatic heterocycles. The molecule has 0 spiro atoms. The first-order valence-electron chi connectivity index (χ1n) is 23.7. The molecule has 25 heteroatoms. The Morgan fingerprint density at radius 3 is 1.93 bits per heavy atom. The molecule has 4 heterocycles. The number of carbonyl (C=O) groups is 2. The third-order valence-corrected chi connectivity index (χ3v) is 14.0. The second-order valence-corrected chi connectivity index (χ2v) is 19.3. The van der Waals surface area contributed by atoms with Crippen LogP contribution in [0, 0.1) is 0 Å². The number of hydrogen-bond acceptors (Lipinski definition) is 23. The number of aliphatic hydroxyl groups excluding tert-OH is 8. The van der Waals surface area contributed by atoms with Crippen LogP contribution in [-0.4, -0.2) is 217 Å². The van der Waals surface area contributed by atoms with Crippen LogP contribution in [0.1, 0.15) is 27.1 Å². The van der Waals surface area contributed by atoms with Crippen LogP contribution in [0.15, 0.2) is 59.0 Å². The smallest absolute Gasteiger partial charge is 0.251 e. The summed E-state index contributed by atoms with van der Waals surface area (Å²) in [6.07, 6.45) is -23.0. The van der Waals surface area contributed by atoms with Crippen molar-refractivity contribution in [3.05, 3.63) is 71.1 Å². The minimum Gasteiger partial charge on any atom is -0.545 e. The van der Waals surface area contributed by atoms with Crippen molar-refractivity contribution < 1.29 is 88.4 Å². The average Bonchev–Trinajstić information content (AvgIpc) is 3.66. The fourth-order valence-electron chi connectivity index (χ4n) is 9.75. The summed E-state index contributed by atoms with van der Waals surface area (Å²) in [7, 11) is 7.51. The molecule has 73 heavy (non-hydrogen) atoms. The molecule has 400 valence electrons. The molecule has 1 amide bonds. The molecule has 19 atom stereocenters. The zero-order valence-corrected chi connectivity index (χ0v) is 40.4. The number of ether oxygens (including phenoxy) is 6. The summed E-state index contributed by atoms with van der Waals surface area (Å²) < 4.78 is 43.8. The fraction of sp³-hybridized carbons (Fsp3) is 0.562. The van der Waals surface area contributed by atoms with E-state index in [1.165, 1.54) is 12.1 Å². The van der Waals surface area contributed by atoms with Gasteiger partial charge in [0.15, 0.2) is 18.9 Å². The van der Waals surface area contributed by atoms with Gasteiger partial charge in [-0.3, -0.25) is 4.79 Å². The third kappa shape index (κ3) is 10.7. The van der Waals surface area contributed by atoms with Crippen molar-refractivity contribution in [2.75, 3.05) is 52.8 Å². The van der Waals surface area contributed by atoms with Gasteiger partial charge in [-0.1, -0.05) is 6.07 Å². The summed E-state index contributed by atoms with van der Waals surface area (Å²) in [5.74, 6) is -1.87. The largest absolute Gasteiger partial charge is 0.545 e. The van der Waals surface area contributed by atoms with Crippen molar-refractivity contribution in [3.8, 4) is 22.5 Å². The molecule has 2 aliphatic carbocycles. The number of aliphatic hydroxyl groups is 8. The number of anilines is 1. The summed E-state index contributed by atoms with van der Waals surface area (Å²) in [6.45, 7) is -1.96.